The summed E-state index contributed by atoms with van der Waals surface area (Å²) in [4.78, 5) is 17.6. The molecule has 1 aromatic carbocycles. The Morgan fingerprint density at radius 1 is 1.44 bits per heavy atom. The van der Waals surface area contributed by atoms with Crippen molar-refractivity contribution in [2.75, 3.05) is 26.3 Å². The number of benzene rings is 1. The molecule has 1 unspecified atom stereocenters. The molecule has 0 amide bonds. The minimum absolute atomic E-state index is 0.146. The lowest BCUT2D eigenvalue weighted by molar-refractivity contribution is -0.147. The van der Waals surface area contributed by atoms with Crippen molar-refractivity contribution < 1.29 is 14.6 Å². The van der Waals surface area contributed by atoms with Gasteiger partial charge in [0.2, 0.25) is 0 Å². The van der Waals surface area contributed by atoms with Crippen LogP contribution in [-0.2, 0) is 16.1 Å². The van der Waals surface area contributed by atoms with Gasteiger partial charge in [-0.25, -0.2) is 0 Å². The fourth-order valence-electron chi connectivity index (χ4n) is 4.55. The lowest BCUT2D eigenvalue weighted by atomic mass is 9.72. The van der Waals surface area contributed by atoms with Crippen LogP contribution in [0.1, 0.15) is 24.1 Å². The number of nitrogens with one attached hydrogen (secondary N) is 1. The number of hydrogen-bond donors (Lipinski definition) is 2. The molecule has 3 heterocycles. The second-order valence-electron chi connectivity index (χ2n) is 7.45. The summed E-state index contributed by atoms with van der Waals surface area (Å²) in [6.07, 6.45) is 1.67. The van der Waals surface area contributed by atoms with Gasteiger partial charge in [0, 0.05) is 59.9 Å². The van der Waals surface area contributed by atoms with Gasteiger partial charge in [-0.05, 0) is 43.5 Å². The molecular formula is C19H23ClN2O3. The van der Waals surface area contributed by atoms with Crippen molar-refractivity contribution in [2.45, 2.75) is 26.3 Å². The Balaban J connectivity index is 1.59. The molecule has 0 aliphatic carbocycles. The number of halogens is 1. The van der Waals surface area contributed by atoms with Gasteiger partial charge in [-0.15, -0.1) is 0 Å². The zero-order chi connectivity index (χ0) is 17.6. The van der Waals surface area contributed by atoms with Crippen LogP contribution in [0.25, 0.3) is 10.9 Å². The quantitative estimate of drug-likeness (QED) is 0.877. The predicted octanol–water partition coefficient (Wildman–Crippen LogP) is 3.44. The fourth-order valence-corrected chi connectivity index (χ4v) is 4.73. The highest BCUT2D eigenvalue weighted by Gasteiger charge is 2.50. The number of carbonyl (C=O) groups is 1. The molecule has 1 aromatic heterocycles. The molecule has 2 fully saturated rings. The number of H-pyrrole nitrogens is 1. The summed E-state index contributed by atoms with van der Waals surface area (Å²) in [7, 11) is 0. The van der Waals surface area contributed by atoms with Crippen molar-refractivity contribution in [2.24, 2.45) is 11.3 Å². The first-order valence-corrected chi connectivity index (χ1v) is 9.16. The van der Waals surface area contributed by atoms with Crippen LogP contribution in [0, 0.1) is 18.3 Å². The third-order valence-electron chi connectivity index (χ3n) is 6.01. The van der Waals surface area contributed by atoms with Crippen molar-refractivity contribution in [1.82, 2.24) is 9.88 Å². The van der Waals surface area contributed by atoms with Crippen LogP contribution in [0.4, 0.5) is 0 Å². The predicted molar refractivity (Wildman–Crippen MR) is 96.9 cm³/mol. The van der Waals surface area contributed by atoms with E-state index in [1.165, 1.54) is 5.56 Å². The van der Waals surface area contributed by atoms with E-state index < -0.39 is 5.97 Å². The monoisotopic (exact) mass is 362 g/mol. The van der Waals surface area contributed by atoms with Gasteiger partial charge >= 0.3 is 5.97 Å². The first-order chi connectivity index (χ1) is 12.0. The van der Waals surface area contributed by atoms with Crippen LogP contribution in [0.3, 0.4) is 0 Å². The molecule has 4 rings (SSSR count). The standard InChI is InChI=1S/C19H23ClN2O3/c1-12-14-8-13(20)2-3-16(14)21-17(12)10-22-9-15(18(23)24)19(11-22)4-6-25-7-5-19/h2-3,8,15,21H,4-7,9-11H2,1H3,(H,23,24). The van der Waals surface area contributed by atoms with E-state index in [2.05, 4.69) is 16.8 Å². The fraction of sp³-hybridized carbons (Fsp3) is 0.526. The summed E-state index contributed by atoms with van der Waals surface area (Å²) in [5, 5.41) is 11.6. The first kappa shape index (κ1) is 16.9. The van der Waals surface area contributed by atoms with Crippen molar-refractivity contribution in [3.63, 3.8) is 0 Å². The lowest BCUT2D eigenvalue weighted by Gasteiger charge is -2.36. The van der Waals surface area contributed by atoms with E-state index in [-0.39, 0.29) is 11.3 Å². The molecule has 1 atom stereocenters. The van der Waals surface area contributed by atoms with Gasteiger partial charge < -0.3 is 14.8 Å². The number of aromatic amines is 1. The maximum absolute atomic E-state index is 11.8. The van der Waals surface area contributed by atoms with Gasteiger partial charge in [0.05, 0.1) is 5.92 Å². The second kappa shape index (κ2) is 6.31. The highest BCUT2D eigenvalue weighted by molar-refractivity contribution is 6.31. The van der Waals surface area contributed by atoms with E-state index in [4.69, 9.17) is 16.3 Å². The molecule has 25 heavy (non-hydrogen) atoms. The number of rotatable bonds is 3. The van der Waals surface area contributed by atoms with Crippen LogP contribution in [0.2, 0.25) is 5.02 Å². The molecule has 0 radical (unpaired) electrons. The molecule has 0 bridgehead atoms. The van der Waals surface area contributed by atoms with Crippen LogP contribution >= 0.6 is 11.6 Å². The van der Waals surface area contributed by atoms with Crippen molar-refractivity contribution >= 4 is 28.5 Å². The molecule has 134 valence electrons. The van der Waals surface area contributed by atoms with Crippen molar-refractivity contribution in [1.29, 1.82) is 0 Å². The summed E-state index contributed by atoms with van der Waals surface area (Å²) in [6.45, 7) is 5.60. The third-order valence-corrected chi connectivity index (χ3v) is 6.25. The molecule has 2 N–H and O–H groups in total. The topological polar surface area (TPSA) is 65.6 Å². The maximum Gasteiger partial charge on any atom is 0.308 e. The Hall–Kier alpha value is -1.56. The molecular weight excluding hydrogens is 340 g/mol. The highest BCUT2D eigenvalue weighted by atomic mass is 35.5. The number of ether oxygens (including phenoxy) is 1. The highest BCUT2D eigenvalue weighted by Crippen LogP contribution is 2.45. The normalized spacial score (nSPS) is 23.5. The zero-order valence-corrected chi connectivity index (χ0v) is 15.1. The van der Waals surface area contributed by atoms with Gasteiger partial charge in [-0.2, -0.15) is 0 Å². The Kier molecular flexibility index (Phi) is 4.26. The smallest absolute Gasteiger partial charge is 0.308 e. The number of hydrogen-bond acceptors (Lipinski definition) is 3. The first-order valence-electron chi connectivity index (χ1n) is 8.78. The molecule has 5 nitrogen and oxygen atoms in total. The van der Waals surface area contributed by atoms with Gasteiger partial charge in [-0.1, -0.05) is 11.6 Å². The number of aryl methyl sites for hydroxylation is 1. The largest absolute Gasteiger partial charge is 0.481 e. The number of carboxylic acids is 1. The SMILES string of the molecule is Cc1c(CN2CC(C(=O)O)C3(CCOCC3)C2)[nH]c2ccc(Cl)cc12. The van der Waals surface area contributed by atoms with E-state index in [1.807, 2.05) is 18.2 Å². The number of aliphatic carboxylic acids is 1. The maximum atomic E-state index is 11.8. The van der Waals surface area contributed by atoms with Gasteiger partial charge in [0.25, 0.3) is 0 Å². The summed E-state index contributed by atoms with van der Waals surface area (Å²) in [5.41, 5.74) is 3.27. The molecule has 6 heteroatoms. The summed E-state index contributed by atoms with van der Waals surface area (Å²) >= 11 is 6.12. The Bertz CT molecular complexity index is 810. The number of fused-ring (bicyclic) bond motifs is 1. The van der Waals surface area contributed by atoms with E-state index in [9.17, 15) is 9.90 Å². The van der Waals surface area contributed by atoms with Crippen LogP contribution < -0.4 is 0 Å². The number of nitrogens with zero attached hydrogens (tertiary/aromatic N) is 1. The van der Waals surface area contributed by atoms with Crippen molar-refractivity contribution in [3.05, 3.63) is 34.5 Å². The minimum atomic E-state index is -0.676. The number of carboxylic acid groups (broad SMARTS) is 1. The molecule has 0 saturated carbocycles. The Morgan fingerprint density at radius 3 is 2.92 bits per heavy atom. The Labute approximate surface area is 151 Å². The summed E-state index contributed by atoms with van der Waals surface area (Å²) < 4.78 is 5.48. The van der Waals surface area contributed by atoms with Crippen LogP contribution in [0.5, 0.6) is 0 Å². The molecule has 1 spiro atoms. The van der Waals surface area contributed by atoms with Crippen molar-refractivity contribution in [3.8, 4) is 0 Å². The van der Waals surface area contributed by atoms with E-state index >= 15 is 0 Å². The molecule has 2 saturated heterocycles. The zero-order valence-electron chi connectivity index (χ0n) is 14.3. The Morgan fingerprint density at radius 2 is 2.20 bits per heavy atom. The molecule has 2 aromatic rings. The summed E-state index contributed by atoms with van der Waals surface area (Å²) in [5.74, 6) is -0.986. The number of likely N-dealkylation sites (tertiary alicyclic amines) is 1. The van der Waals surface area contributed by atoms with Crippen LogP contribution in [0.15, 0.2) is 18.2 Å². The van der Waals surface area contributed by atoms with Gasteiger partial charge in [0.15, 0.2) is 0 Å². The minimum Gasteiger partial charge on any atom is -0.481 e. The second-order valence-corrected chi connectivity index (χ2v) is 7.89. The lowest BCUT2D eigenvalue weighted by Crippen LogP contribution is -2.40. The third kappa shape index (κ3) is 2.94. The number of aromatic nitrogens is 1. The van der Waals surface area contributed by atoms with E-state index in [0.717, 1.165) is 47.6 Å². The van der Waals surface area contributed by atoms with Crippen LogP contribution in [-0.4, -0.2) is 47.3 Å². The average Bonchev–Trinajstić information content (AvgIpc) is 3.08. The summed E-state index contributed by atoms with van der Waals surface area (Å²) in [6, 6.07) is 5.87. The van der Waals surface area contributed by atoms with E-state index in [1.54, 1.807) is 0 Å². The van der Waals surface area contributed by atoms with E-state index in [0.29, 0.717) is 19.8 Å². The molecule has 2 aliphatic heterocycles. The molecule has 2 aliphatic rings. The van der Waals surface area contributed by atoms with Gasteiger partial charge in [-0.3, -0.25) is 9.69 Å². The average molecular weight is 363 g/mol. The van der Waals surface area contributed by atoms with Gasteiger partial charge in [0.1, 0.15) is 0 Å².